The highest BCUT2D eigenvalue weighted by atomic mass is 32.2. The number of anilines is 1. The van der Waals surface area contributed by atoms with E-state index in [-0.39, 0.29) is 11.4 Å². The van der Waals surface area contributed by atoms with Gasteiger partial charge in [-0.15, -0.1) is 0 Å². The molecule has 0 spiro atoms. The third-order valence-electron chi connectivity index (χ3n) is 5.05. The number of carbonyl (C=O) groups is 1. The maximum absolute atomic E-state index is 13.7. The second-order valence-corrected chi connectivity index (χ2v) is 9.58. The van der Waals surface area contributed by atoms with Gasteiger partial charge in [0.05, 0.1) is 29.5 Å². The van der Waals surface area contributed by atoms with E-state index < -0.39 is 43.8 Å². The molecule has 34 heavy (non-hydrogen) atoms. The van der Waals surface area contributed by atoms with Gasteiger partial charge in [0.25, 0.3) is 5.91 Å². The van der Waals surface area contributed by atoms with Crippen LogP contribution in [0.3, 0.4) is 0 Å². The molecule has 0 saturated carbocycles. The van der Waals surface area contributed by atoms with E-state index in [0.29, 0.717) is 29.0 Å². The fourth-order valence-corrected chi connectivity index (χ4v) is 4.01. The molecule has 6 nitrogen and oxygen atoms in total. The first-order valence-electron chi connectivity index (χ1n) is 9.73. The van der Waals surface area contributed by atoms with E-state index in [0.717, 1.165) is 23.3 Å². The minimum absolute atomic E-state index is 0.172. The van der Waals surface area contributed by atoms with Crippen LogP contribution in [-0.2, 0) is 16.0 Å². The van der Waals surface area contributed by atoms with Crippen LogP contribution in [0.5, 0.6) is 5.75 Å². The lowest BCUT2D eigenvalue weighted by Gasteiger charge is -2.22. The van der Waals surface area contributed by atoms with Crippen LogP contribution in [0.2, 0.25) is 0 Å². The summed E-state index contributed by atoms with van der Waals surface area (Å²) in [5.41, 5.74) is -0.159. The summed E-state index contributed by atoms with van der Waals surface area (Å²) < 4.78 is 83.1. The van der Waals surface area contributed by atoms with Gasteiger partial charge in [-0.2, -0.15) is 13.2 Å². The monoisotopic (exact) mass is 496 g/mol. The van der Waals surface area contributed by atoms with Gasteiger partial charge in [0.1, 0.15) is 11.6 Å². The normalized spacial score (nSPS) is 11.9. The number of hydrogen-bond donors (Lipinski definition) is 0. The van der Waals surface area contributed by atoms with Gasteiger partial charge in [0.2, 0.25) is 0 Å². The van der Waals surface area contributed by atoms with Gasteiger partial charge in [-0.3, -0.25) is 9.78 Å². The zero-order valence-electron chi connectivity index (χ0n) is 18.6. The predicted octanol–water partition coefficient (Wildman–Crippen LogP) is 4.90. The standard InChI is InChI=1S/C23H20F4N2O4S/c1-13-7-19(18-6-5-16(24)11-21(18)33-3)20(12-28-13)29(2)22(30)14-8-15(23(25,26)27)10-17(9-14)34(4,31)32/h5-12H,1-4H3. The van der Waals surface area contributed by atoms with Crippen molar-refractivity contribution in [2.24, 2.45) is 0 Å². The van der Waals surface area contributed by atoms with Crippen LogP contribution in [0.25, 0.3) is 11.1 Å². The molecule has 1 amide bonds. The number of halogens is 4. The quantitative estimate of drug-likeness (QED) is 0.470. The summed E-state index contributed by atoms with van der Waals surface area (Å²) in [7, 11) is -1.38. The van der Waals surface area contributed by atoms with Crippen molar-refractivity contribution in [1.82, 2.24) is 4.98 Å². The Balaban J connectivity index is 2.17. The van der Waals surface area contributed by atoms with Crippen LogP contribution in [0.15, 0.2) is 53.6 Å². The van der Waals surface area contributed by atoms with Crippen molar-refractivity contribution in [1.29, 1.82) is 0 Å². The summed E-state index contributed by atoms with van der Waals surface area (Å²) in [6.07, 6.45) is -2.77. The van der Waals surface area contributed by atoms with Gasteiger partial charge in [-0.05, 0) is 43.3 Å². The van der Waals surface area contributed by atoms with Crippen LogP contribution in [0.4, 0.5) is 23.2 Å². The van der Waals surface area contributed by atoms with Crippen LogP contribution in [0.1, 0.15) is 21.6 Å². The lowest BCUT2D eigenvalue weighted by molar-refractivity contribution is -0.137. The molecule has 3 rings (SSSR count). The topological polar surface area (TPSA) is 76.6 Å². The fourth-order valence-electron chi connectivity index (χ4n) is 3.33. The second-order valence-electron chi connectivity index (χ2n) is 7.57. The highest BCUT2D eigenvalue weighted by molar-refractivity contribution is 7.90. The number of ether oxygens (including phenoxy) is 1. The van der Waals surface area contributed by atoms with Crippen LogP contribution >= 0.6 is 0 Å². The third kappa shape index (κ3) is 5.19. The number of benzene rings is 2. The molecule has 0 aliphatic carbocycles. The average Bonchev–Trinajstić information content (AvgIpc) is 2.76. The second kappa shape index (κ2) is 9.05. The SMILES string of the molecule is COc1cc(F)ccc1-c1cc(C)ncc1N(C)C(=O)c1cc(C(F)(F)F)cc(S(C)(=O)=O)c1. The number of aryl methyl sites for hydroxylation is 1. The third-order valence-corrected chi connectivity index (χ3v) is 6.14. The van der Waals surface area contributed by atoms with E-state index >= 15 is 0 Å². The summed E-state index contributed by atoms with van der Waals surface area (Å²) in [6.45, 7) is 1.69. The molecule has 0 unspecified atom stereocenters. The number of sulfone groups is 1. The Bertz CT molecular complexity index is 1370. The van der Waals surface area contributed by atoms with Crippen molar-refractivity contribution in [2.75, 3.05) is 25.3 Å². The van der Waals surface area contributed by atoms with Crippen molar-refractivity contribution in [2.45, 2.75) is 18.0 Å². The van der Waals surface area contributed by atoms with Gasteiger partial charge in [0, 0.05) is 41.8 Å². The lowest BCUT2D eigenvalue weighted by atomic mass is 10.0. The number of rotatable bonds is 5. The molecule has 0 saturated heterocycles. The molecule has 11 heteroatoms. The molecular formula is C23H20F4N2O4S. The number of carbonyl (C=O) groups excluding carboxylic acids is 1. The Kier molecular flexibility index (Phi) is 6.70. The molecule has 1 heterocycles. The van der Waals surface area contributed by atoms with E-state index in [2.05, 4.69) is 4.98 Å². The molecule has 0 aliphatic rings. The maximum atomic E-state index is 13.7. The van der Waals surface area contributed by atoms with Crippen molar-refractivity contribution in [3.05, 3.63) is 71.3 Å². The predicted molar refractivity (Wildman–Crippen MR) is 118 cm³/mol. The number of methoxy groups -OCH3 is 1. The van der Waals surface area contributed by atoms with Crippen molar-refractivity contribution >= 4 is 21.4 Å². The first-order chi connectivity index (χ1) is 15.7. The van der Waals surface area contributed by atoms with Crippen LogP contribution in [-0.4, -0.2) is 39.7 Å². The van der Waals surface area contributed by atoms with Crippen LogP contribution in [0, 0.1) is 12.7 Å². The lowest BCUT2D eigenvalue weighted by Crippen LogP contribution is -2.27. The minimum atomic E-state index is -4.87. The first-order valence-corrected chi connectivity index (χ1v) is 11.6. The summed E-state index contributed by atoms with van der Waals surface area (Å²) in [5, 5.41) is 0. The zero-order chi connectivity index (χ0) is 25.4. The van der Waals surface area contributed by atoms with Crippen LogP contribution < -0.4 is 9.64 Å². The molecule has 3 aromatic rings. The smallest absolute Gasteiger partial charge is 0.416 e. The van der Waals surface area contributed by atoms with Gasteiger partial charge in [-0.1, -0.05) is 0 Å². The summed E-state index contributed by atoms with van der Waals surface area (Å²) in [6, 6.07) is 7.37. The van der Waals surface area contributed by atoms with Gasteiger partial charge in [0.15, 0.2) is 9.84 Å². The van der Waals surface area contributed by atoms with E-state index in [1.54, 1.807) is 13.0 Å². The Morgan fingerprint density at radius 2 is 1.74 bits per heavy atom. The Morgan fingerprint density at radius 1 is 1.06 bits per heavy atom. The summed E-state index contributed by atoms with van der Waals surface area (Å²) in [5.74, 6) is -1.27. The fraction of sp³-hybridized carbons (Fsp3) is 0.217. The molecule has 0 fully saturated rings. The summed E-state index contributed by atoms with van der Waals surface area (Å²) in [4.78, 5) is 17.8. The molecule has 0 bridgehead atoms. The molecule has 1 aromatic heterocycles. The molecule has 0 atom stereocenters. The first kappa shape index (κ1) is 25.2. The van der Waals surface area contributed by atoms with E-state index in [1.807, 2.05) is 0 Å². The molecule has 2 aromatic carbocycles. The summed E-state index contributed by atoms with van der Waals surface area (Å²) >= 11 is 0. The van der Waals surface area contributed by atoms with Crippen molar-refractivity contribution in [3.8, 4) is 16.9 Å². The highest BCUT2D eigenvalue weighted by Gasteiger charge is 2.33. The maximum Gasteiger partial charge on any atom is 0.416 e. The molecule has 0 N–H and O–H groups in total. The number of aromatic nitrogens is 1. The van der Waals surface area contributed by atoms with E-state index in [9.17, 15) is 30.8 Å². The minimum Gasteiger partial charge on any atom is -0.496 e. The number of hydrogen-bond acceptors (Lipinski definition) is 5. The van der Waals surface area contributed by atoms with E-state index in [4.69, 9.17) is 4.74 Å². The van der Waals surface area contributed by atoms with Crippen molar-refractivity contribution < 1.29 is 35.5 Å². The Morgan fingerprint density at radius 3 is 2.32 bits per heavy atom. The number of amides is 1. The largest absolute Gasteiger partial charge is 0.496 e. The van der Waals surface area contributed by atoms with Gasteiger partial charge in [-0.25, -0.2) is 12.8 Å². The molecule has 180 valence electrons. The number of pyridine rings is 1. The number of nitrogens with zero attached hydrogens (tertiary/aromatic N) is 2. The van der Waals surface area contributed by atoms with Crippen molar-refractivity contribution in [3.63, 3.8) is 0 Å². The Labute approximate surface area is 193 Å². The number of alkyl halides is 3. The molecular weight excluding hydrogens is 476 g/mol. The average molecular weight is 496 g/mol. The molecule has 0 aliphatic heterocycles. The van der Waals surface area contributed by atoms with Gasteiger partial charge < -0.3 is 9.64 Å². The van der Waals surface area contributed by atoms with E-state index in [1.165, 1.54) is 32.5 Å². The molecule has 0 radical (unpaired) electrons. The van der Waals surface area contributed by atoms with Gasteiger partial charge >= 0.3 is 6.18 Å². The zero-order valence-corrected chi connectivity index (χ0v) is 19.4. The Hall–Kier alpha value is -3.47. The highest BCUT2D eigenvalue weighted by Crippen LogP contribution is 2.38.